The Balaban J connectivity index is 1.75. The van der Waals surface area contributed by atoms with Crippen LogP contribution in [0, 0.1) is 0 Å². The standard InChI is InChI=1S/C16H16N4O3S/c21-16-15-12(11-19(18-15)13-4-2-1-3-5-13)10-17-20(16)14-6-8-24(22,23)9-7-14/h1-5,10-11,14H,6-9H2. The lowest BCUT2D eigenvalue weighted by Crippen LogP contribution is -2.33. The number of hydrogen-bond donors (Lipinski definition) is 0. The first-order valence-corrected chi connectivity index (χ1v) is 9.59. The molecule has 0 radical (unpaired) electrons. The van der Waals surface area contributed by atoms with Crippen LogP contribution < -0.4 is 5.56 Å². The molecule has 0 aliphatic carbocycles. The Morgan fingerprint density at radius 1 is 1.08 bits per heavy atom. The third-order valence-electron chi connectivity index (χ3n) is 4.37. The van der Waals surface area contributed by atoms with E-state index in [1.54, 1.807) is 17.1 Å². The van der Waals surface area contributed by atoms with Crippen molar-refractivity contribution in [3.8, 4) is 5.69 Å². The van der Waals surface area contributed by atoms with E-state index in [1.165, 1.54) is 4.68 Å². The quantitative estimate of drug-likeness (QED) is 0.700. The summed E-state index contributed by atoms with van der Waals surface area (Å²) in [6, 6.07) is 9.35. The van der Waals surface area contributed by atoms with Gasteiger partial charge in [-0.25, -0.2) is 17.8 Å². The monoisotopic (exact) mass is 344 g/mol. The molecule has 2 aromatic heterocycles. The molecule has 0 bridgehead atoms. The van der Waals surface area contributed by atoms with Crippen LogP contribution in [-0.2, 0) is 9.84 Å². The van der Waals surface area contributed by atoms with Gasteiger partial charge in [0, 0.05) is 11.6 Å². The van der Waals surface area contributed by atoms with E-state index in [1.807, 2.05) is 30.3 Å². The number of fused-ring (bicyclic) bond motifs is 1. The van der Waals surface area contributed by atoms with Crippen molar-refractivity contribution in [2.45, 2.75) is 18.9 Å². The molecule has 1 aliphatic heterocycles. The van der Waals surface area contributed by atoms with Crippen molar-refractivity contribution in [1.82, 2.24) is 19.6 Å². The highest BCUT2D eigenvalue weighted by Crippen LogP contribution is 2.22. The van der Waals surface area contributed by atoms with Gasteiger partial charge in [0.25, 0.3) is 5.56 Å². The van der Waals surface area contributed by atoms with E-state index in [2.05, 4.69) is 10.2 Å². The molecule has 24 heavy (non-hydrogen) atoms. The largest absolute Gasteiger partial charge is 0.295 e. The van der Waals surface area contributed by atoms with Crippen LogP contribution in [0.15, 0.2) is 47.5 Å². The molecule has 1 saturated heterocycles. The predicted molar refractivity (Wildman–Crippen MR) is 90.0 cm³/mol. The Morgan fingerprint density at radius 2 is 1.79 bits per heavy atom. The van der Waals surface area contributed by atoms with Gasteiger partial charge in [-0.15, -0.1) is 0 Å². The van der Waals surface area contributed by atoms with E-state index in [0.717, 1.165) is 5.69 Å². The predicted octanol–water partition coefficient (Wildman–Crippen LogP) is 1.33. The van der Waals surface area contributed by atoms with Gasteiger partial charge in [0.1, 0.15) is 9.84 Å². The fourth-order valence-electron chi connectivity index (χ4n) is 3.03. The Labute approximate surface area is 138 Å². The number of hydrogen-bond acceptors (Lipinski definition) is 5. The fraction of sp³-hybridized carbons (Fsp3) is 0.312. The van der Waals surface area contributed by atoms with Crippen molar-refractivity contribution in [2.24, 2.45) is 0 Å². The summed E-state index contributed by atoms with van der Waals surface area (Å²) in [5, 5.41) is 9.30. The Bertz CT molecular complexity index is 1040. The van der Waals surface area contributed by atoms with Crippen molar-refractivity contribution >= 4 is 20.7 Å². The van der Waals surface area contributed by atoms with Gasteiger partial charge in [0.15, 0.2) is 5.52 Å². The molecule has 0 atom stereocenters. The maximum Gasteiger partial charge on any atom is 0.295 e. The highest BCUT2D eigenvalue weighted by atomic mass is 32.2. The smallest absolute Gasteiger partial charge is 0.265 e. The van der Waals surface area contributed by atoms with Crippen LogP contribution in [-0.4, -0.2) is 39.5 Å². The summed E-state index contributed by atoms with van der Waals surface area (Å²) >= 11 is 0. The first-order valence-electron chi connectivity index (χ1n) is 7.76. The first kappa shape index (κ1) is 15.1. The van der Waals surface area contributed by atoms with Gasteiger partial charge in [-0.2, -0.15) is 10.2 Å². The molecule has 8 heteroatoms. The lowest BCUT2D eigenvalue weighted by Gasteiger charge is -2.22. The topological polar surface area (TPSA) is 86.8 Å². The van der Waals surface area contributed by atoms with Crippen molar-refractivity contribution in [1.29, 1.82) is 0 Å². The van der Waals surface area contributed by atoms with Crippen molar-refractivity contribution in [3.05, 3.63) is 53.1 Å². The molecular weight excluding hydrogens is 328 g/mol. The number of nitrogens with zero attached hydrogens (tertiary/aromatic N) is 4. The molecule has 0 amide bonds. The van der Waals surface area contributed by atoms with E-state index in [9.17, 15) is 13.2 Å². The zero-order valence-electron chi connectivity index (χ0n) is 12.9. The van der Waals surface area contributed by atoms with Crippen LogP contribution >= 0.6 is 0 Å². The number of sulfone groups is 1. The maximum atomic E-state index is 12.7. The summed E-state index contributed by atoms with van der Waals surface area (Å²) < 4.78 is 26.2. The minimum absolute atomic E-state index is 0.0995. The lowest BCUT2D eigenvalue weighted by atomic mass is 10.1. The average molecular weight is 344 g/mol. The van der Waals surface area contributed by atoms with Gasteiger partial charge >= 0.3 is 0 Å². The molecule has 0 spiro atoms. The van der Waals surface area contributed by atoms with Crippen LogP contribution in [0.5, 0.6) is 0 Å². The van der Waals surface area contributed by atoms with E-state index in [-0.39, 0.29) is 23.1 Å². The summed E-state index contributed by atoms with van der Waals surface area (Å²) in [6.07, 6.45) is 4.22. The van der Waals surface area contributed by atoms with Crippen molar-refractivity contribution in [2.75, 3.05) is 11.5 Å². The maximum absolute atomic E-state index is 12.7. The number of benzene rings is 1. The number of para-hydroxylation sites is 1. The minimum atomic E-state index is -2.97. The Kier molecular flexibility index (Phi) is 3.49. The fourth-order valence-corrected chi connectivity index (χ4v) is 4.50. The minimum Gasteiger partial charge on any atom is -0.265 e. The van der Waals surface area contributed by atoms with E-state index in [0.29, 0.717) is 23.7 Å². The summed E-state index contributed by atoms with van der Waals surface area (Å²) in [6.45, 7) is 0. The lowest BCUT2D eigenvalue weighted by molar-refractivity contribution is 0.399. The molecule has 124 valence electrons. The van der Waals surface area contributed by atoms with Gasteiger partial charge in [0.05, 0.1) is 29.4 Å². The van der Waals surface area contributed by atoms with Crippen molar-refractivity contribution in [3.63, 3.8) is 0 Å². The van der Waals surface area contributed by atoms with E-state index >= 15 is 0 Å². The Hall–Kier alpha value is -2.48. The average Bonchev–Trinajstić information content (AvgIpc) is 3.02. The van der Waals surface area contributed by atoms with Crippen LogP contribution in [0.1, 0.15) is 18.9 Å². The zero-order chi connectivity index (χ0) is 16.7. The summed E-state index contributed by atoms with van der Waals surface area (Å²) in [5.41, 5.74) is 0.942. The van der Waals surface area contributed by atoms with Crippen molar-refractivity contribution < 1.29 is 8.42 Å². The number of aromatic nitrogens is 4. The van der Waals surface area contributed by atoms with Crippen LogP contribution in [0.2, 0.25) is 0 Å². The highest BCUT2D eigenvalue weighted by Gasteiger charge is 2.26. The second-order valence-corrected chi connectivity index (χ2v) is 8.29. The van der Waals surface area contributed by atoms with Crippen LogP contribution in [0.4, 0.5) is 0 Å². The van der Waals surface area contributed by atoms with Gasteiger partial charge in [-0.05, 0) is 25.0 Å². The molecule has 1 fully saturated rings. The summed E-state index contributed by atoms with van der Waals surface area (Å²) in [7, 11) is -2.97. The molecule has 1 aromatic carbocycles. The molecule has 3 aromatic rings. The summed E-state index contributed by atoms with van der Waals surface area (Å²) in [4.78, 5) is 12.7. The molecule has 1 aliphatic rings. The van der Waals surface area contributed by atoms with Gasteiger partial charge in [-0.1, -0.05) is 18.2 Å². The molecular formula is C16H16N4O3S. The molecule has 7 nitrogen and oxygen atoms in total. The second kappa shape index (κ2) is 5.55. The Morgan fingerprint density at radius 3 is 2.50 bits per heavy atom. The molecule has 3 heterocycles. The van der Waals surface area contributed by atoms with E-state index < -0.39 is 9.84 Å². The molecule has 0 saturated carbocycles. The first-order chi connectivity index (χ1) is 11.5. The zero-order valence-corrected chi connectivity index (χ0v) is 13.7. The second-order valence-electron chi connectivity index (χ2n) is 5.99. The molecule has 0 N–H and O–H groups in total. The van der Waals surface area contributed by atoms with Gasteiger partial charge in [-0.3, -0.25) is 4.79 Å². The third-order valence-corrected chi connectivity index (χ3v) is 6.08. The highest BCUT2D eigenvalue weighted by molar-refractivity contribution is 7.91. The van der Waals surface area contributed by atoms with Crippen LogP contribution in [0.3, 0.4) is 0 Å². The van der Waals surface area contributed by atoms with E-state index in [4.69, 9.17) is 0 Å². The SMILES string of the molecule is O=c1c2nn(-c3ccccc3)cc2cnn1C1CCS(=O)(=O)CC1. The molecule has 4 rings (SSSR count). The normalized spacial score (nSPS) is 18.0. The number of rotatable bonds is 2. The van der Waals surface area contributed by atoms with Gasteiger partial charge < -0.3 is 0 Å². The summed E-state index contributed by atoms with van der Waals surface area (Å²) in [5.74, 6) is 0.199. The van der Waals surface area contributed by atoms with Gasteiger partial charge in [0.2, 0.25) is 0 Å². The third kappa shape index (κ3) is 2.62. The molecule has 0 unspecified atom stereocenters. The van der Waals surface area contributed by atoms with Crippen LogP contribution in [0.25, 0.3) is 16.6 Å².